The largest absolute Gasteiger partial charge is 0.497 e. The lowest BCUT2D eigenvalue weighted by Crippen LogP contribution is -2.45. The molecular weight excluding hydrogens is 442 g/mol. The van der Waals surface area contributed by atoms with Gasteiger partial charge in [-0.3, -0.25) is 9.59 Å². The molecule has 35 heavy (non-hydrogen) atoms. The second kappa shape index (κ2) is 12.3. The smallest absolute Gasteiger partial charge is 0.329 e. The van der Waals surface area contributed by atoms with Crippen LogP contribution in [0.1, 0.15) is 29.8 Å². The molecule has 1 amide bonds. The van der Waals surface area contributed by atoms with E-state index in [-0.39, 0.29) is 11.7 Å². The number of carbonyl (C=O) groups is 3. The molecule has 3 rings (SSSR count). The van der Waals surface area contributed by atoms with Gasteiger partial charge in [0.1, 0.15) is 11.8 Å². The molecule has 6 heteroatoms. The van der Waals surface area contributed by atoms with Gasteiger partial charge in [0.15, 0.2) is 12.4 Å². The maximum Gasteiger partial charge on any atom is 0.329 e. The van der Waals surface area contributed by atoms with Gasteiger partial charge in [-0.15, -0.1) is 0 Å². The molecule has 180 valence electrons. The Bertz CT molecular complexity index is 1170. The summed E-state index contributed by atoms with van der Waals surface area (Å²) < 4.78 is 10.4. The summed E-state index contributed by atoms with van der Waals surface area (Å²) in [4.78, 5) is 37.5. The summed E-state index contributed by atoms with van der Waals surface area (Å²) >= 11 is 0. The molecule has 0 fully saturated rings. The van der Waals surface area contributed by atoms with Crippen LogP contribution in [-0.4, -0.2) is 37.4 Å². The minimum Gasteiger partial charge on any atom is -0.497 e. The molecule has 1 unspecified atom stereocenters. The van der Waals surface area contributed by atoms with Crippen LogP contribution in [0.25, 0.3) is 17.2 Å². The summed E-state index contributed by atoms with van der Waals surface area (Å²) in [7, 11) is 1.58. The Morgan fingerprint density at radius 3 is 2.09 bits per heavy atom. The molecule has 3 aromatic carbocycles. The second-order valence-electron chi connectivity index (χ2n) is 8.31. The Balaban J connectivity index is 1.54. The number of rotatable bonds is 10. The van der Waals surface area contributed by atoms with Crippen molar-refractivity contribution in [1.82, 2.24) is 5.32 Å². The van der Waals surface area contributed by atoms with Gasteiger partial charge >= 0.3 is 5.97 Å². The number of esters is 1. The fraction of sp³-hybridized carbons (Fsp3) is 0.207. The standard InChI is InChI=1S/C29H29NO5/c1-20(2)28(30-27(32)18-11-21-9-16-25(34-3)17-10-21)29(33)35-19-26(31)24-14-12-23(13-15-24)22-7-5-4-6-8-22/h4-18,20,28H,19H2,1-3H3,(H,30,32)/b18-11+. The van der Waals surface area contributed by atoms with Crippen molar-refractivity contribution in [2.24, 2.45) is 5.92 Å². The van der Waals surface area contributed by atoms with E-state index in [9.17, 15) is 14.4 Å². The maximum atomic E-state index is 12.6. The van der Waals surface area contributed by atoms with Gasteiger partial charge in [0.05, 0.1) is 7.11 Å². The van der Waals surface area contributed by atoms with Gasteiger partial charge < -0.3 is 14.8 Å². The summed E-state index contributed by atoms with van der Waals surface area (Å²) in [5.74, 6) is -0.900. The number of Topliss-reactive ketones (excluding diaryl/α,β-unsaturated/α-hetero) is 1. The zero-order valence-electron chi connectivity index (χ0n) is 20.1. The number of amides is 1. The number of ketones is 1. The highest BCUT2D eigenvalue weighted by atomic mass is 16.5. The van der Waals surface area contributed by atoms with Crippen molar-refractivity contribution in [3.8, 4) is 16.9 Å². The number of hydrogen-bond donors (Lipinski definition) is 1. The van der Waals surface area contributed by atoms with Crippen LogP contribution < -0.4 is 10.1 Å². The molecule has 0 saturated carbocycles. The zero-order chi connectivity index (χ0) is 25.2. The minimum absolute atomic E-state index is 0.221. The van der Waals surface area contributed by atoms with E-state index in [1.807, 2.05) is 54.6 Å². The predicted molar refractivity (Wildman–Crippen MR) is 136 cm³/mol. The molecule has 0 aliphatic carbocycles. The Morgan fingerprint density at radius 2 is 1.49 bits per heavy atom. The molecule has 0 radical (unpaired) electrons. The van der Waals surface area contributed by atoms with Crippen molar-refractivity contribution in [3.05, 3.63) is 96.1 Å². The SMILES string of the molecule is COc1ccc(/C=C/C(=O)NC(C(=O)OCC(=O)c2ccc(-c3ccccc3)cc2)C(C)C)cc1. The molecule has 6 nitrogen and oxygen atoms in total. The molecule has 1 N–H and O–H groups in total. The summed E-state index contributed by atoms with van der Waals surface area (Å²) in [5, 5.41) is 2.66. The molecule has 3 aromatic rings. The van der Waals surface area contributed by atoms with Gasteiger partial charge in [-0.1, -0.05) is 80.6 Å². The Labute approximate surface area is 205 Å². The van der Waals surface area contributed by atoms with E-state index in [2.05, 4.69) is 5.32 Å². The van der Waals surface area contributed by atoms with Crippen molar-refractivity contribution in [3.63, 3.8) is 0 Å². The van der Waals surface area contributed by atoms with E-state index in [1.165, 1.54) is 6.08 Å². The first kappa shape index (κ1) is 25.4. The van der Waals surface area contributed by atoms with Crippen LogP contribution in [0.5, 0.6) is 5.75 Å². The van der Waals surface area contributed by atoms with E-state index in [4.69, 9.17) is 9.47 Å². The van der Waals surface area contributed by atoms with E-state index < -0.39 is 24.5 Å². The average molecular weight is 472 g/mol. The Morgan fingerprint density at radius 1 is 0.857 bits per heavy atom. The topological polar surface area (TPSA) is 81.7 Å². The highest BCUT2D eigenvalue weighted by molar-refractivity contribution is 5.99. The lowest BCUT2D eigenvalue weighted by molar-refractivity contribution is -0.147. The molecule has 0 spiro atoms. The van der Waals surface area contributed by atoms with Gasteiger partial charge in [0.25, 0.3) is 0 Å². The van der Waals surface area contributed by atoms with Crippen molar-refractivity contribution >= 4 is 23.7 Å². The monoisotopic (exact) mass is 471 g/mol. The van der Waals surface area contributed by atoms with E-state index in [0.29, 0.717) is 5.56 Å². The van der Waals surface area contributed by atoms with Gasteiger partial charge in [-0.05, 0) is 40.8 Å². The van der Waals surface area contributed by atoms with Crippen molar-refractivity contribution in [2.75, 3.05) is 13.7 Å². The summed E-state index contributed by atoms with van der Waals surface area (Å²) in [6.45, 7) is 3.19. The normalized spacial score (nSPS) is 11.8. The van der Waals surface area contributed by atoms with E-state index in [0.717, 1.165) is 22.4 Å². The lowest BCUT2D eigenvalue weighted by atomic mass is 10.0. The molecular formula is C29H29NO5. The number of ether oxygens (including phenoxy) is 2. The first-order valence-corrected chi connectivity index (χ1v) is 11.4. The highest BCUT2D eigenvalue weighted by Gasteiger charge is 2.25. The third-order valence-electron chi connectivity index (χ3n) is 5.42. The molecule has 0 bridgehead atoms. The fourth-order valence-electron chi connectivity index (χ4n) is 3.38. The summed E-state index contributed by atoms with van der Waals surface area (Å²) in [6, 6.07) is 23.3. The molecule has 0 heterocycles. The fourth-order valence-corrected chi connectivity index (χ4v) is 3.38. The predicted octanol–water partition coefficient (Wildman–Crippen LogP) is 4.94. The van der Waals surface area contributed by atoms with Crippen LogP contribution in [0.15, 0.2) is 84.9 Å². The number of carbonyl (C=O) groups excluding carboxylic acids is 3. The molecule has 0 aromatic heterocycles. The number of nitrogens with one attached hydrogen (secondary N) is 1. The Hall–Kier alpha value is -4.19. The third-order valence-corrected chi connectivity index (χ3v) is 5.42. The van der Waals surface area contributed by atoms with Gasteiger partial charge in [0, 0.05) is 11.6 Å². The van der Waals surface area contributed by atoms with Crippen LogP contribution in [0, 0.1) is 5.92 Å². The number of benzene rings is 3. The summed E-state index contributed by atoms with van der Waals surface area (Å²) in [6.07, 6.45) is 2.99. The van der Waals surface area contributed by atoms with Gasteiger partial charge in [0.2, 0.25) is 5.91 Å². The van der Waals surface area contributed by atoms with Crippen molar-refractivity contribution < 1.29 is 23.9 Å². The minimum atomic E-state index is -0.878. The quantitative estimate of drug-likeness (QED) is 0.257. The molecule has 0 aliphatic rings. The summed E-state index contributed by atoms with van der Waals surface area (Å²) in [5.41, 5.74) is 3.30. The van der Waals surface area contributed by atoms with Crippen LogP contribution in [0.2, 0.25) is 0 Å². The number of methoxy groups -OCH3 is 1. The van der Waals surface area contributed by atoms with Crippen LogP contribution >= 0.6 is 0 Å². The average Bonchev–Trinajstić information content (AvgIpc) is 2.89. The van der Waals surface area contributed by atoms with E-state index >= 15 is 0 Å². The second-order valence-corrected chi connectivity index (χ2v) is 8.31. The Kier molecular flexibility index (Phi) is 8.95. The highest BCUT2D eigenvalue weighted by Crippen LogP contribution is 2.19. The first-order valence-electron chi connectivity index (χ1n) is 11.4. The van der Waals surface area contributed by atoms with Crippen LogP contribution in [-0.2, 0) is 14.3 Å². The third kappa shape index (κ3) is 7.40. The van der Waals surface area contributed by atoms with Crippen LogP contribution in [0.3, 0.4) is 0 Å². The van der Waals surface area contributed by atoms with Crippen LogP contribution in [0.4, 0.5) is 0 Å². The van der Waals surface area contributed by atoms with Gasteiger partial charge in [-0.25, -0.2) is 4.79 Å². The molecule has 1 atom stereocenters. The zero-order valence-corrected chi connectivity index (χ0v) is 20.1. The molecule has 0 saturated heterocycles. The van der Waals surface area contributed by atoms with E-state index in [1.54, 1.807) is 51.3 Å². The number of hydrogen-bond acceptors (Lipinski definition) is 5. The van der Waals surface area contributed by atoms with Gasteiger partial charge in [-0.2, -0.15) is 0 Å². The maximum absolute atomic E-state index is 12.6. The first-order chi connectivity index (χ1) is 16.9. The lowest BCUT2D eigenvalue weighted by Gasteiger charge is -2.20. The van der Waals surface area contributed by atoms with Crippen molar-refractivity contribution in [2.45, 2.75) is 19.9 Å². The molecule has 0 aliphatic heterocycles. The van der Waals surface area contributed by atoms with Crippen molar-refractivity contribution in [1.29, 1.82) is 0 Å².